The smallest absolute Gasteiger partial charge is 0.192 e. The van der Waals surface area contributed by atoms with Gasteiger partial charge in [-0.15, -0.1) is 11.8 Å². The molecule has 3 aromatic heterocycles. The SMILES string of the molecule is CSc1cccc(CN2CCN(c3ccc(-c4cc(OI)cn5ncc(C#N)c45)cn3)CC2)c1. The number of piperazine rings is 1. The second kappa shape index (κ2) is 10.2. The third-order valence-electron chi connectivity index (χ3n) is 6.09. The molecule has 1 aliphatic heterocycles. The molecule has 1 fully saturated rings. The Kier molecular flexibility index (Phi) is 6.89. The summed E-state index contributed by atoms with van der Waals surface area (Å²) in [6.07, 6.45) is 7.33. The first-order valence-corrected chi connectivity index (χ1v) is 13.1. The molecular weight excluding hydrogens is 559 g/mol. The van der Waals surface area contributed by atoms with Crippen molar-refractivity contribution in [3.63, 3.8) is 0 Å². The number of nitrogens with zero attached hydrogens (tertiary/aromatic N) is 6. The summed E-state index contributed by atoms with van der Waals surface area (Å²) in [7, 11) is 0. The first-order chi connectivity index (χ1) is 16.7. The Morgan fingerprint density at radius 1 is 1.12 bits per heavy atom. The fourth-order valence-electron chi connectivity index (χ4n) is 4.34. The van der Waals surface area contributed by atoms with Gasteiger partial charge in [0.1, 0.15) is 11.9 Å². The van der Waals surface area contributed by atoms with Crippen molar-refractivity contribution in [3.8, 4) is 22.9 Å². The highest BCUT2D eigenvalue weighted by atomic mass is 127. The number of rotatable bonds is 6. The van der Waals surface area contributed by atoms with E-state index in [1.807, 2.05) is 35.3 Å². The summed E-state index contributed by atoms with van der Waals surface area (Å²) in [6.45, 7) is 4.87. The van der Waals surface area contributed by atoms with E-state index in [0.717, 1.165) is 55.2 Å². The van der Waals surface area contributed by atoms with E-state index in [1.54, 1.807) is 28.7 Å². The van der Waals surface area contributed by atoms with E-state index in [4.69, 9.17) is 8.05 Å². The summed E-state index contributed by atoms with van der Waals surface area (Å²) in [5.74, 6) is 1.64. The Bertz CT molecular complexity index is 1340. The third kappa shape index (κ3) is 4.71. The van der Waals surface area contributed by atoms with Crippen molar-refractivity contribution < 1.29 is 3.07 Å². The van der Waals surface area contributed by atoms with Crippen LogP contribution < -0.4 is 7.97 Å². The Balaban J connectivity index is 1.30. The molecule has 0 amide bonds. The highest BCUT2D eigenvalue weighted by Crippen LogP contribution is 2.32. The van der Waals surface area contributed by atoms with Gasteiger partial charge in [-0.3, -0.25) is 4.90 Å². The van der Waals surface area contributed by atoms with Crippen LogP contribution in [0.3, 0.4) is 0 Å². The van der Waals surface area contributed by atoms with Crippen molar-refractivity contribution in [2.75, 3.05) is 37.3 Å². The molecule has 0 spiro atoms. The number of benzene rings is 1. The molecule has 4 aromatic rings. The minimum absolute atomic E-state index is 0.526. The Morgan fingerprint density at radius 3 is 2.68 bits per heavy atom. The normalized spacial score (nSPS) is 14.3. The van der Waals surface area contributed by atoms with E-state index in [1.165, 1.54) is 10.5 Å². The molecule has 0 N–H and O–H groups in total. The van der Waals surface area contributed by atoms with Crippen LogP contribution in [-0.2, 0) is 6.54 Å². The lowest BCUT2D eigenvalue weighted by molar-refractivity contribution is 0.249. The van der Waals surface area contributed by atoms with Crippen LogP contribution in [-0.4, -0.2) is 51.9 Å². The number of pyridine rings is 2. The number of fused-ring (bicyclic) bond motifs is 1. The van der Waals surface area contributed by atoms with Gasteiger partial charge in [-0.1, -0.05) is 12.1 Å². The maximum absolute atomic E-state index is 9.51. The van der Waals surface area contributed by atoms with Crippen molar-refractivity contribution in [2.24, 2.45) is 0 Å². The zero-order chi connectivity index (χ0) is 23.5. The monoisotopic (exact) mass is 582 g/mol. The zero-order valence-electron chi connectivity index (χ0n) is 18.7. The molecule has 1 aliphatic rings. The second-order valence-electron chi connectivity index (χ2n) is 8.15. The number of aromatic nitrogens is 3. The molecule has 1 aromatic carbocycles. The third-order valence-corrected chi connectivity index (χ3v) is 7.33. The van der Waals surface area contributed by atoms with Crippen LogP contribution in [0.25, 0.3) is 16.6 Å². The van der Waals surface area contributed by atoms with Gasteiger partial charge in [0, 0.05) is 54.9 Å². The minimum Gasteiger partial charge on any atom is -0.426 e. The van der Waals surface area contributed by atoms with Crippen molar-refractivity contribution in [3.05, 3.63) is 72.2 Å². The lowest BCUT2D eigenvalue weighted by Gasteiger charge is -2.35. The van der Waals surface area contributed by atoms with Crippen LogP contribution in [0.2, 0.25) is 0 Å². The van der Waals surface area contributed by atoms with E-state index in [-0.39, 0.29) is 0 Å². The van der Waals surface area contributed by atoms with Gasteiger partial charge >= 0.3 is 0 Å². The summed E-state index contributed by atoms with van der Waals surface area (Å²) in [6, 6.07) is 17.1. The topological polar surface area (TPSA) is 69.7 Å². The fraction of sp³-hybridized carbons (Fsp3) is 0.240. The molecule has 0 unspecified atom stereocenters. The van der Waals surface area contributed by atoms with Crippen LogP contribution in [0.1, 0.15) is 11.1 Å². The predicted octanol–water partition coefficient (Wildman–Crippen LogP) is 5.04. The fourth-order valence-corrected chi connectivity index (χ4v) is 5.06. The molecule has 1 saturated heterocycles. The molecule has 0 saturated carbocycles. The number of hydrogen-bond donors (Lipinski definition) is 0. The Hall–Kier alpha value is -2.81. The van der Waals surface area contributed by atoms with E-state index < -0.39 is 0 Å². The molecule has 4 heterocycles. The summed E-state index contributed by atoms with van der Waals surface area (Å²) in [5, 5.41) is 13.8. The maximum atomic E-state index is 9.51. The predicted molar refractivity (Wildman–Crippen MR) is 143 cm³/mol. The van der Waals surface area contributed by atoms with Gasteiger partial charge in [0.15, 0.2) is 28.8 Å². The van der Waals surface area contributed by atoms with E-state index in [9.17, 15) is 5.26 Å². The molecule has 9 heteroatoms. The first-order valence-electron chi connectivity index (χ1n) is 10.9. The molecule has 0 atom stereocenters. The van der Waals surface area contributed by atoms with Crippen LogP contribution in [0, 0.1) is 11.3 Å². The second-order valence-corrected chi connectivity index (χ2v) is 9.47. The number of halogens is 1. The molecule has 34 heavy (non-hydrogen) atoms. The van der Waals surface area contributed by atoms with Gasteiger partial charge in [0.25, 0.3) is 0 Å². The Labute approximate surface area is 217 Å². The van der Waals surface area contributed by atoms with Gasteiger partial charge in [-0.25, -0.2) is 9.50 Å². The lowest BCUT2D eigenvalue weighted by Crippen LogP contribution is -2.46. The summed E-state index contributed by atoms with van der Waals surface area (Å²) in [5.41, 5.74) is 4.45. The highest BCUT2D eigenvalue weighted by molar-refractivity contribution is 14.1. The van der Waals surface area contributed by atoms with Crippen molar-refractivity contribution in [1.82, 2.24) is 19.5 Å². The molecule has 172 valence electrons. The number of nitriles is 1. The number of anilines is 1. The van der Waals surface area contributed by atoms with Crippen LogP contribution in [0.15, 0.2) is 66.0 Å². The van der Waals surface area contributed by atoms with Crippen molar-refractivity contribution in [1.29, 1.82) is 5.26 Å². The van der Waals surface area contributed by atoms with Gasteiger partial charge in [-0.2, -0.15) is 10.4 Å². The van der Waals surface area contributed by atoms with Gasteiger partial charge in [0.2, 0.25) is 0 Å². The lowest BCUT2D eigenvalue weighted by atomic mass is 10.1. The molecule has 5 rings (SSSR count). The summed E-state index contributed by atoms with van der Waals surface area (Å²) >= 11 is 3.64. The van der Waals surface area contributed by atoms with Gasteiger partial charge in [-0.05, 0) is 42.2 Å². The molecular formula is C25H23IN6OS. The summed E-state index contributed by atoms with van der Waals surface area (Å²) < 4.78 is 7.09. The van der Waals surface area contributed by atoms with E-state index in [2.05, 4.69) is 63.6 Å². The van der Waals surface area contributed by atoms with Crippen LogP contribution in [0.5, 0.6) is 5.75 Å². The van der Waals surface area contributed by atoms with Crippen molar-refractivity contribution in [2.45, 2.75) is 11.4 Å². The van der Waals surface area contributed by atoms with Crippen LogP contribution in [0.4, 0.5) is 5.82 Å². The van der Waals surface area contributed by atoms with Gasteiger partial charge in [0.05, 0.1) is 23.5 Å². The Morgan fingerprint density at radius 2 is 1.97 bits per heavy atom. The standard InChI is InChI=1S/C25H23IN6OS/c1-34-22-4-2-3-18(11-22)16-30-7-9-31(10-8-30)24-6-5-19(14-28-24)23-12-21(33-26)17-32-25(23)20(13-27)15-29-32/h2-6,11-12,14-15,17H,7-10,16H2,1H3. The quantitative estimate of drug-likeness (QED) is 0.233. The minimum atomic E-state index is 0.526. The summed E-state index contributed by atoms with van der Waals surface area (Å²) in [4.78, 5) is 10.9. The van der Waals surface area contributed by atoms with Crippen LogP contribution >= 0.6 is 34.8 Å². The highest BCUT2D eigenvalue weighted by Gasteiger charge is 2.19. The maximum Gasteiger partial charge on any atom is 0.192 e. The first kappa shape index (κ1) is 23.0. The van der Waals surface area contributed by atoms with Gasteiger partial charge < -0.3 is 7.97 Å². The largest absolute Gasteiger partial charge is 0.426 e. The van der Waals surface area contributed by atoms with E-state index in [0.29, 0.717) is 11.3 Å². The molecule has 0 aliphatic carbocycles. The molecule has 7 nitrogen and oxygen atoms in total. The zero-order valence-corrected chi connectivity index (χ0v) is 21.7. The molecule has 0 radical (unpaired) electrons. The number of thioether (sulfide) groups is 1. The average molecular weight is 582 g/mol. The number of hydrogen-bond acceptors (Lipinski definition) is 7. The molecule has 0 bridgehead atoms. The van der Waals surface area contributed by atoms with E-state index >= 15 is 0 Å². The average Bonchev–Trinajstić information content (AvgIpc) is 3.32. The van der Waals surface area contributed by atoms with Crippen molar-refractivity contribution >= 4 is 46.1 Å².